The van der Waals surface area contributed by atoms with Crippen LogP contribution in [-0.2, 0) is 4.74 Å². The second-order valence-corrected chi connectivity index (χ2v) is 7.01. The molecule has 5 heteroatoms. The van der Waals surface area contributed by atoms with Crippen molar-refractivity contribution in [1.29, 1.82) is 0 Å². The molecule has 2 rings (SSSR count). The summed E-state index contributed by atoms with van der Waals surface area (Å²) < 4.78 is 17.4. The Bertz CT molecular complexity index is 467. The Labute approximate surface area is 137 Å². The summed E-state index contributed by atoms with van der Waals surface area (Å²) in [5, 5.41) is 0. The van der Waals surface area contributed by atoms with Crippen molar-refractivity contribution in [2.75, 3.05) is 21.3 Å². The van der Waals surface area contributed by atoms with Crippen molar-refractivity contribution in [3.8, 4) is 11.5 Å². The Kier molecular flexibility index (Phi) is 5.37. The number of methoxy groups -OCH3 is 3. The molecule has 1 fully saturated rings. The van der Waals surface area contributed by atoms with Crippen molar-refractivity contribution >= 4 is 31.9 Å². The minimum Gasteiger partial charge on any atom is -0.495 e. The molecule has 0 bridgehead atoms. The summed E-state index contributed by atoms with van der Waals surface area (Å²) in [6, 6.07) is 4.00. The maximum absolute atomic E-state index is 5.71. The normalized spacial score (nSPS) is 18.2. The first-order valence-corrected chi connectivity index (χ1v) is 8.37. The number of halogens is 2. The van der Waals surface area contributed by atoms with Crippen LogP contribution in [0, 0.1) is 0 Å². The van der Waals surface area contributed by atoms with E-state index in [0.29, 0.717) is 0 Å². The smallest absolute Gasteiger partial charge is 0.141 e. The van der Waals surface area contributed by atoms with E-state index in [9.17, 15) is 0 Å². The molecule has 0 amide bonds. The molecule has 0 radical (unpaired) electrons. The molecule has 1 aliphatic rings. The van der Waals surface area contributed by atoms with Gasteiger partial charge < -0.3 is 14.2 Å². The molecular formula is C15H20Br2O3. The van der Waals surface area contributed by atoms with E-state index in [1.54, 1.807) is 21.3 Å². The summed E-state index contributed by atoms with van der Waals surface area (Å²) in [6.45, 7) is 0. The summed E-state index contributed by atoms with van der Waals surface area (Å²) in [7, 11) is 5.14. The van der Waals surface area contributed by atoms with Crippen LogP contribution in [0.25, 0.3) is 0 Å². The van der Waals surface area contributed by atoms with Gasteiger partial charge in [-0.1, -0.05) is 22.0 Å². The van der Waals surface area contributed by atoms with Gasteiger partial charge in [-0.3, -0.25) is 0 Å². The van der Waals surface area contributed by atoms with Gasteiger partial charge in [-0.2, -0.15) is 0 Å². The van der Waals surface area contributed by atoms with Crippen molar-refractivity contribution in [2.45, 2.75) is 36.1 Å². The lowest BCUT2D eigenvalue weighted by Crippen LogP contribution is -2.39. The third-order valence-corrected chi connectivity index (χ3v) is 5.67. The minimum atomic E-state index is 0.0194. The molecule has 112 valence electrons. The van der Waals surface area contributed by atoms with Crippen LogP contribution in [0.2, 0.25) is 0 Å². The van der Waals surface area contributed by atoms with Crippen molar-refractivity contribution in [3.63, 3.8) is 0 Å². The molecule has 1 aromatic carbocycles. The van der Waals surface area contributed by atoms with Crippen LogP contribution < -0.4 is 9.47 Å². The van der Waals surface area contributed by atoms with E-state index in [-0.39, 0.29) is 10.4 Å². The quantitative estimate of drug-likeness (QED) is 0.630. The van der Waals surface area contributed by atoms with Crippen molar-refractivity contribution in [3.05, 3.63) is 22.2 Å². The van der Waals surface area contributed by atoms with Gasteiger partial charge in [0, 0.05) is 17.5 Å². The van der Waals surface area contributed by atoms with Gasteiger partial charge in [-0.15, -0.1) is 0 Å². The van der Waals surface area contributed by atoms with Gasteiger partial charge in [0.25, 0.3) is 0 Å². The highest BCUT2D eigenvalue weighted by Gasteiger charge is 2.39. The fourth-order valence-electron chi connectivity index (χ4n) is 2.66. The summed E-state index contributed by atoms with van der Waals surface area (Å²) >= 11 is 7.33. The van der Waals surface area contributed by atoms with E-state index in [0.717, 1.165) is 40.8 Å². The molecule has 0 aromatic heterocycles. The molecule has 1 aromatic rings. The topological polar surface area (TPSA) is 27.7 Å². The van der Waals surface area contributed by atoms with Crippen LogP contribution in [0.4, 0.5) is 0 Å². The van der Waals surface area contributed by atoms with E-state index in [2.05, 4.69) is 31.9 Å². The zero-order valence-corrected chi connectivity index (χ0v) is 15.2. The predicted octanol–water partition coefficient (Wildman–Crippen LogP) is 4.86. The first-order valence-electron chi connectivity index (χ1n) is 6.66. The van der Waals surface area contributed by atoms with Crippen LogP contribution >= 0.6 is 31.9 Å². The Morgan fingerprint density at radius 3 is 2.35 bits per heavy atom. The van der Waals surface area contributed by atoms with Crippen LogP contribution in [-0.4, -0.2) is 26.9 Å². The van der Waals surface area contributed by atoms with Crippen molar-refractivity contribution in [1.82, 2.24) is 0 Å². The maximum atomic E-state index is 5.71. The molecule has 1 aliphatic carbocycles. The number of hydrogen-bond donors (Lipinski definition) is 0. The van der Waals surface area contributed by atoms with Crippen molar-refractivity contribution < 1.29 is 14.2 Å². The van der Waals surface area contributed by atoms with E-state index < -0.39 is 0 Å². The predicted molar refractivity (Wildman–Crippen MR) is 87.1 cm³/mol. The summed E-state index contributed by atoms with van der Waals surface area (Å²) in [4.78, 5) is 0.194. The average Bonchev–Trinajstić information content (AvgIpc) is 2.42. The number of hydrogen-bond acceptors (Lipinski definition) is 3. The van der Waals surface area contributed by atoms with Gasteiger partial charge in [0.2, 0.25) is 0 Å². The highest BCUT2D eigenvalue weighted by Crippen LogP contribution is 2.48. The largest absolute Gasteiger partial charge is 0.495 e. The first kappa shape index (κ1) is 16.1. The van der Waals surface area contributed by atoms with Crippen LogP contribution in [0.3, 0.4) is 0 Å². The molecule has 0 spiro atoms. The molecule has 20 heavy (non-hydrogen) atoms. The second-order valence-electron chi connectivity index (χ2n) is 5.12. The van der Waals surface area contributed by atoms with Crippen LogP contribution in [0.15, 0.2) is 16.6 Å². The average molecular weight is 408 g/mol. The van der Waals surface area contributed by atoms with Crippen molar-refractivity contribution in [2.24, 2.45) is 0 Å². The Morgan fingerprint density at radius 1 is 1.20 bits per heavy atom. The van der Waals surface area contributed by atoms with Crippen LogP contribution in [0.1, 0.15) is 36.1 Å². The summed E-state index contributed by atoms with van der Waals surface area (Å²) in [5.41, 5.74) is 1.13. The number of benzene rings is 1. The summed E-state index contributed by atoms with van der Waals surface area (Å²) in [6.07, 6.45) is 4.45. The number of rotatable bonds is 6. The summed E-state index contributed by atoms with van der Waals surface area (Å²) in [5.74, 6) is 1.59. The third-order valence-electron chi connectivity index (χ3n) is 4.10. The second kappa shape index (κ2) is 6.67. The Morgan fingerprint density at radius 2 is 1.90 bits per heavy atom. The molecule has 0 heterocycles. The lowest BCUT2D eigenvalue weighted by Gasteiger charge is -2.42. The van der Waals surface area contributed by atoms with Gasteiger partial charge >= 0.3 is 0 Å². The maximum Gasteiger partial charge on any atom is 0.141 e. The highest BCUT2D eigenvalue weighted by molar-refractivity contribution is 9.10. The fraction of sp³-hybridized carbons (Fsp3) is 0.600. The molecule has 0 saturated heterocycles. The zero-order valence-electron chi connectivity index (χ0n) is 12.0. The molecule has 0 aliphatic heterocycles. The Balaban J connectivity index is 2.25. The molecule has 3 nitrogen and oxygen atoms in total. The number of ether oxygens (including phenoxy) is 3. The molecule has 0 N–H and O–H groups in total. The third kappa shape index (κ3) is 3.00. The lowest BCUT2D eigenvalue weighted by molar-refractivity contribution is -0.0773. The van der Waals surface area contributed by atoms with Gasteiger partial charge in [-0.05, 0) is 47.7 Å². The van der Waals surface area contributed by atoms with Crippen LogP contribution in [0.5, 0.6) is 11.5 Å². The lowest BCUT2D eigenvalue weighted by atomic mass is 9.76. The minimum absolute atomic E-state index is 0.0194. The zero-order chi connectivity index (χ0) is 14.8. The monoisotopic (exact) mass is 406 g/mol. The SMILES string of the molecule is COc1ccc(C(Br)CC2(OC)CCC2)c(OC)c1Br. The van der Waals surface area contributed by atoms with Gasteiger partial charge in [0.05, 0.1) is 19.8 Å². The van der Waals surface area contributed by atoms with Gasteiger partial charge in [-0.25, -0.2) is 0 Å². The first-order chi connectivity index (χ1) is 9.56. The Hall–Kier alpha value is -0.260. The molecule has 1 saturated carbocycles. The van der Waals surface area contributed by atoms with E-state index in [4.69, 9.17) is 14.2 Å². The molecule has 1 unspecified atom stereocenters. The fourth-order valence-corrected chi connectivity index (χ4v) is 4.30. The molecular weight excluding hydrogens is 388 g/mol. The van der Waals surface area contributed by atoms with Gasteiger partial charge in [0.1, 0.15) is 16.0 Å². The highest BCUT2D eigenvalue weighted by atomic mass is 79.9. The van der Waals surface area contributed by atoms with E-state index in [1.165, 1.54) is 6.42 Å². The number of alkyl halides is 1. The van der Waals surface area contributed by atoms with E-state index >= 15 is 0 Å². The standard InChI is InChI=1S/C15H20Br2O3/c1-18-12-6-5-10(14(19-2)13(12)17)11(16)9-15(20-3)7-4-8-15/h5-6,11H,4,7-9H2,1-3H3. The van der Waals surface area contributed by atoms with E-state index in [1.807, 2.05) is 12.1 Å². The molecule has 1 atom stereocenters. The van der Waals surface area contributed by atoms with Gasteiger partial charge in [0.15, 0.2) is 0 Å².